The number of hydrogen-bond donors (Lipinski definition) is 8. The average Bonchev–Trinajstić information content (AvgIpc) is 1.91. The first-order valence-electron chi connectivity index (χ1n) is 4.18. The van der Waals surface area contributed by atoms with Crippen LogP contribution in [0.4, 0.5) is 0 Å². The molecule has 0 spiro atoms. The third kappa shape index (κ3) is 10.2. The standard InChI is InChI=1S/C3H12O12P4.2Na.2H/c4-16(5,6)2(17(7,8)9)1-3(18(10,11)12)19(13,14)15;;;;/h2-3H,1H2,(H2,4,5,6)(H2,7,8,9)(H2,10,11,12)(H2,13,14,15);;;;. The van der Waals surface area contributed by atoms with Crippen molar-refractivity contribution in [1.29, 1.82) is 0 Å². The molecule has 0 radical (unpaired) electrons. The zero-order valence-electron chi connectivity index (χ0n) is 8.86. The zero-order chi connectivity index (χ0) is 15.9. The molecule has 0 rings (SSSR count). The van der Waals surface area contributed by atoms with Gasteiger partial charge in [0.05, 0.1) is 0 Å². The Labute approximate surface area is 163 Å². The second kappa shape index (κ2) is 9.34. The fourth-order valence-corrected chi connectivity index (χ4v) is 6.87. The summed E-state index contributed by atoms with van der Waals surface area (Å²) < 4.78 is 43.5. The quantitative estimate of drug-likeness (QED) is 0.166. The minimum atomic E-state index is -5.54. The van der Waals surface area contributed by atoms with Gasteiger partial charge < -0.3 is 39.1 Å². The van der Waals surface area contributed by atoms with Crippen molar-refractivity contribution in [1.82, 2.24) is 0 Å². The first-order valence-corrected chi connectivity index (χ1v) is 10.9. The second-order valence-corrected chi connectivity index (χ2v) is 11.6. The molecule has 0 aliphatic rings. The Balaban J connectivity index is -0.00000162. The van der Waals surface area contributed by atoms with Crippen molar-refractivity contribution in [2.45, 2.75) is 17.2 Å². The molecule has 0 saturated heterocycles. The summed E-state index contributed by atoms with van der Waals surface area (Å²) in [7, 11) is -22.2. The summed E-state index contributed by atoms with van der Waals surface area (Å²) in [5.74, 6) is 0. The molecule has 0 aliphatic carbocycles. The van der Waals surface area contributed by atoms with Crippen LogP contribution in [0.15, 0.2) is 0 Å². The normalized spacial score (nSPS) is 13.8. The summed E-state index contributed by atoms with van der Waals surface area (Å²) in [6.45, 7) is 0. The van der Waals surface area contributed by atoms with Gasteiger partial charge in [-0.3, -0.25) is 18.3 Å². The predicted octanol–water partition coefficient (Wildman–Crippen LogP) is -2.56. The number of hydrogen-bond acceptors (Lipinski definition) is 4. The van der Waals surface area contributed by atoms with Crippen LogP contribution in [0.2, 0.25) is 0 Å². The van der Waals surface area contributed by atoms with Crippen molar-refractivity contribution in [3.8, 4) is 0 Å². The molecule has 0 aromatic rings. The van der Waals surface area contributed by atoms with Gasteiger partial charge in [-0.25, -0.2) is 0 Å². The van der Waals surface area contributed by atoms with Gasteiger partial charge in [-0.05, 0) is 6.42 Å². The van der Waals surface area contributed by atoms with E-state index in [1.54, 1.807) is 0 Å². The molecule has 12 nitrogen and oxygen atoms in total. The Hall–Kier alpha value is 2.60. The molecule has 0 aromatic heterocycles. The van der Waals surface area contributed by atoms with E-state index in [1.165, 1.54) is 0 Å². The Morgan fingerprint density at radius 3 is 0.762 bits per heavy atom. The van der Waals surface area contributed by atoms with Gasteiger partial charge in [0.15, 0.2) is 10.8 Å². The molecule has 0 heterocycles. The van der Waals surface area contributed by atoms with E-state index in [2.05, 4.69) is 0 Å². The van der Waals surface area contributed by atoms with Crippen molar-refractivity contribution in [3.05, 3.63) is 0 Å². The Bertz CT molecular complexity index is 419. The molecule has 18 heteroatoms. The minimum absolute atomic E-state index is 0. The van der Waals surface area contributed by atoms with Crippen molar-refractivity contribution in [3.63, 3.8) is 0 Å². The maximum atomic E-state index is 10.9. The van der Waals surface area contributed by atoms with E-state index in [1.807, 2.05) is 0 Å². The summed E-state index contributed by atoms with van der Waals surface area (Å²) >= 11 is 0. The Morgan fingerprint density at radius 2 is 0.667 bits per heavy atom. The van der Waals surface area contributed by atoms with Crippen LogP contribution in [-0.2, 0) is 18.3 Å². The van der Waals surface area contributed by atoms with Gasteiger partial charge in [-0.2, -0.15) is 0 Å². The van der Waals surface area contributed by atoms with Crippen molar-refractivity contribution >= 4 is 89.5 Å². The molecular formula is C3H14Na2O12P4. The second-order valence-electron chi connectivity index (χ2n) is 3.55. The molecule has 0 amide bonds. The molecule has 0 aliphatic heterocycles. The predicted molar refractivity (Wildman–Crippen MR) is 74.7 cm³/mol. The van der Waals surface area contributed by atoms with Crippen LogP contribution >= 0.6 is 30.4 Å². The molecule has 0 saturated carbocycles. The van der Waals surface area contributed by atoms with Gasteiger partial charge in [-0.1, -0.05) is 0 Å². The summed E-state index contributed by atoms with van der Waals surface area (Å²) in [4.78, 5) is 69.7. The maximum absolute atomic E-state index is 10.9. The van der Waals surface area contributed by atoms with Crippen molar-refractivity contribution in [2.75, 3.05) is 0 Å². The summed E-state index contributed by atoms with van der Waals surface area (Å²) in [6.07, 6.45) is -1.73. The molecule has 120 valence electrons. The first kappa shape index (κ1) is 28.4. The molecule has 21 heavy (non-hydrogen) atoms. The van der Waals surface area contributed by atoms with Gasteiger partial charge >= 0.3 is 89.5 Å². The van der Waals surface area contributed by atoms with Crippen LogP contribution in [0.25, 0.3) is 0 Å². The van der Waals surface area contributed by atoms with E-state index in [0.717, 1.165) is 0 Å². The van der Waals surface area contributed by atoms with E-state index >= 15 is 0 Å². The van der Waals surface area contributed by atoms with Crippen LogP contribution in [0.5, 0.6) is 0 Å². The monoisotopic (exact) mass is 412 g/mol. The summed E-state index contributed by atoms with van der Waals surface area (Å²) in [5.41, 5.74) is 0. The van der Waals surface area contributed by atoms with Crippen LogP contribution < -0.4 is 0 Å². The Morgan fingerprint density at radius 1 is 0.524 bits per heavy atom. The SMILES string of the molecule is O=P(O)(O)C(CC(P(=O)(O)O)P(=O)(O)O)P(=O)(O)O.[NaH].[NaH]. The van der Waals surface area contributed by atoms with Gasteiger partial charge in [0.1, 0.15) is 0 Å². The first-order chi connectivity index (χ1) is 7.97. The molecular weight excluding hydrogens is 398 g/mol. The average molecular weight is 412 g/mol. The molecule has 0 atom stereocenters. The fraction of sp³-hybridized carbons (Fsp3) is 1.00. The molecule has 0 fully saturated rings. The van der Waals surface area contributed by atoms with Crippen LogP contribution in [0.3, 0.4) is 0 Å². The van der Waals surface area contributed by atoms with Crippen LogP contribution in [0, 0.1) is 0 Å². The van der Waals surface area contributed by atoms with E-state index in [-0.39, 0.29) is 59.1 Å². The van der Waals surface area contributed by atoms with E-state index < -0.39 is 47.6 Å². The zero-order valence-corrected chi connectivity index (χ0v) is 12.4. The fourth-order valence-electron chi connectivity index (χ4n) is 1.13. The van der Waals surface area contributed by atoms with E-state index in [4.69, 9.17) is 39.1 Å². The molecule has 0 unspecified atom stereocenters. The van der Waals surface area contributed by atoms with Gasteiger partial charge in [0, 0.05) is 0 Å². The third-order valence-electron chi connectivity index (χ3n) is 1.97. The van der Waals surface area contributed by atoms with Crippen LogP contribution in [0.1, 0.15) is 6.42 Å². The van der Waals surface area contributed by atoms with Gasteiger partial charge in [-0.15, -0.1) is 0 Å². The third-order valence-corrected chi connectivity index (χ3v) is 9.53. The molecule has 8 N–H and O–H groups in total. The molecule has 0 bridgehead atoms. The van der Waals surface area contributed by atoms with Gasteiger partial charge in [0.25, 0.3) is 0 Å². The topological polar surface area (TPSA) is 230 Å². The van der Waals surface area contributed by atoms with Crippen LogP contribution in [-0.4, -0.2) is 109 Å². The van der Waals surface area contributed by atoms with Gasteiger partial charge in [0.2, 0.25) is 0 Å². The van der Waals surface area contributed by atoms with E-state index in [9.17, 15) is 18.3 Å². The molecule has 0 aromatic carbocycles. The van der Waals surface area contributed by atoms with Crippen molar-refractivity contribution in [2.24, 2.45) is 0 Å². The van der Waals surface area contributed by atoms with Crippen molar-refractivity contribution < 1.29 is 57.4 Å². The summed E-state index contributed by atoms with van der Waals surface area (Å²) in [5, 5.41) is -5.82. The summed E-state index contributed by atoms with van der Waals surface area (Å²) in [6, 6.07) is 0. The Kier molecular flexibility index (Phi) is 12.6. The van der Waals surface area contributed by atoms with E-state index in [0.29, 0.717) is 0 Å². The number of rotatable bonds is 6.